The van der Waals surface area contributed by atoms with Crippen LogP contribution in [-0.2, 0) is 11.0 Å². The molecule has 1 aromatic heterocycles. The molecule has 1 heterocycles. The topological polar surface area (TPSA) is 54.0 Å². The molecule has 0 radical (unpaired) electrons. The number of hydrogen-bond acceptors (Lipinski definition) is 3. The minimum Gasteiger partial charge on any atom is -0.370 e. The van der Waals surface area contributed by atoms with Gasteiger partial charge in [0.25, 0.3) is 0 Å². The Morgan fingerprint density at radius 2 is 1.85 bits per heavy atom. The maximum absolute atomic E-state index is 12.9. The first-order valence-corrected chi connectivity index (χ1v) is 8.19. The van der Waals surface area contributed by atoms with E-state index < -0.39 is 23.6 Å². The average Bonchev–Trinajstić information content (AvgIpc) is 2.62. The third kappa shape index (κ3) is 6.09. The molecule has 2 rings (SSSR count). The first-order chi connectivity index (χ1) is 12.7. The Morgan fingerprint density at radius 1 is 1.19 bits per heavy atom. The lowest BCUT2D eigenvalue weighted by Crippen LogP contribution is -2.22. The number of nitrogens with one attached hydrogen (secondary N) is 2. The van der Waals surface area contributed by atoms with E-state index in [0.717, 1.165) is 6.07 Å². The predicted octanol–water partition coefficient (Wildman–Crippen LogP) is 4.87. The van der Waals surface area contributed by atoms with Crippen LogP contribution in [0.1, 0.15) is 19.0 Å². The molecular formula is C19H19F4N3O. The van der Waals surface area contributed by atoms with Crippen LogP contribution in [0.3, 0.4) is 0 Å². The van der Waals surface area contributed by atoms with Crippen LogP contribution in [0.2, 0.25) is 0 Å². The number of pyridine rings is 1. The van der Waals surface area contributed by atoms with Gasteiger partial charge in [-0.2, -0.15) is 13.2 Å². The number of amides is 1. The van der Waals surface area contributed by atoms with E-state index in [2.05, 4.69) is 22.2 Å². The number of carbonyl (C=O) groups excluding carboxylic acids is 1. The number of rotatable bonds is 7. The molecule has 4 nitrogen and oxygen atoms in total. The van der Waals surface area contributed by atoms with Gasteiger partial charge in [0.1, 0.15) is 17.3 Å². The lowest BCUT2D eigenvalue weighted by molar-refractivity contribution is -0.141. The Hall–Kier alpha value is -2.90. The SMILES string of the molecule is C=C(CCNc1cccc(C(F)(F)F)n1)C(C)C(=O)Nc1ccc(F)cc1. The molecule has 27 heavy (non-hydrogen) atoms. The van der Waals surface area contributed by atoms with E-state index >= 15 is 0 Å². The van der Waals surface area contributed by atoms with Gasteiger partial charge in [-0.25, -0.2) is 9.37 Å². The quantitative estimate of drug-likeness (QED) is 0.531. The highest BCUT2D eigenvalue weighted by Gasteiger charge is 2.32. The van der Waals surface area contributed by atoms with Crippen LogP contribution in [-0.4, -0.2) is 17.4 Å². The Kier molecular flexibility index (Phi) is 6.55. The third-order valence-electron chi connectivity index (χ3n) is 3.91. The zero-order valence-corrected chi connectivity index (χ0v) is 14.6. The van der Waals surface area contributed by atoms with Gasteiger partial charge in [0.05, 0.1) is 5.92 Å². The van der Waals surface area contributed by atoms with Gasteiger partial charge in [-0.05, 0) is 49.7 Å². The van der Waals surface area contributed by atoms with Crippen molar-refractivity contribution in [2.75, 3.05) is 17.2 Å². The fourth-order valence-electron chi connectivity index (χ4n) is 2.23. The molecule has 1 atom stereocenters. The number of aromatic nitrogens is 1. The lowest BCUT2D eigenvalue weighted by atomic mass is 9.99. The molecule has 0 saturated heterocycles. The van der Waals surface area contributed by atoms with Crippen LogP contribution >= 0.6 is 0 Å². The summed E-state index contributed by atoms with van der Waals surface area (Å²) in [6.07, 6.45) is -4.13. The number of benzene rings is 1. The fourth-order valence-corrected chi connectivity index (χ4v) is 2.23. The molecule has 0 aliphatic rings. The zero-order chi connectivity index (χ0) is 20.0. The van der Waals surface area contributed by atoms with Crippen molar-refractivity contribution in [3.8, 4) is 0 Å². The van der Waals surface area contributed by atoms with Crippen molar-refractivity contribution in [1.29, 1.82) is 0 Å². The minimum absolute atomic E-state index is 0.0982. The molecule has 2 N–H and O–H groups in total. The van der Waals surface area contributed by atoms with Crippen molar-refractivity contribution in [1.82, 2.24) is 4.98 Å². The van der Waals surface area contributed by atoms with Gasteiger partial charge in [-0.1, -0.05) is 18.2 Å². The maximum atomic E-state index is 12.9. The van der Waals surface area contributed by atoms with Gasteiger partial charge in [-0.15, -0.1) is 0 Å². The van der Waals surface area contributed by atoms with Crippen molar-refractivity contribution in [3.63, 3.8) is 0 Å². The largest absolute Gasteiger partial charge is 0.433 e. The van der Waals surface area contributed by atoms with E-state index in [0.29, 0.717) is 17.7 Å². The van der Waals surface area contributed by atoms with Crippen molar-refractivity contribution in [3.05, 3.63) is 66.1 Å². The molecule has 0 fully saturated rings. The van der Waals surface area contributed by atoms with Crippen LogP contribution in [0.4, 0.5) is 29.1 Å². The number of anilines is 2. The number of hydrogen-bond donors (Lipinski definition) is 2. The summed E-state index contributed by atoms with van der Waals surface area (Å²) in [6.45, 7) is 5.81. The molecule has 1 aromatic carbocycles. The minimum atomic E-state index is -4.51. The molecule has 2 aromatic rings. The third-order valence-corrected chi connectivity index (χ3v) is 3.91. The first-order valence-electron chi connectivity index (χ1n) is 8.19. The van der Waals surface area contributed by atoms with Crippen LogP contribution in [0.25, 0.3) is 0 Å². The molecule has 1 unspecified atom stereocenters. The van der Waals surface area contributed by atoms with Crippen molar-refractivity contribution in [2.45, 2.75) is 19.5 Å². The summed E-state index contributed by atoms with van der Waals surface area (Å²) in [5.41, 5.74) is 0.0970. The summed E-state index contributed by atoms with van der Waals surface area (Å²) >= 11 is 0. The highest BCUT2D eigenvalue weighted by Crippen LogP contribution is 2.28. The Bertz CT molecular complexity index is 803. The lowest BCUT2D eigenvalue weighted by Gasteiger charge is -2.16. The molecule has 144 valence electrons. The average molecular weight is 381 g/mol. The molecule has 0 bridgehead atoms. The highest BCUT2D eigenvalue weighted by atomic mass is 19.4. The summed E-state index contributed by atoms with van der Waals surface area (Å²) in [7, 11) is 0. The molecule has 0 aliphatic carbocycles. The van der Waals surface area contributed by atoms with Crippen LogP contribution < -0.4 is 10.6 Å². The second-order valence-corrected chi connectivity index (χ2v) is 5.96. The van der Waals surface area contributed by atoms with E-state index in [1.165, 1.54) is 36.4 Å². The van der Waals surface area contributed by atoms with Gasteiger partial charge >= 0.3 is 6.18 Å². The Labute approximate surface area is 154 Å². The van der Waals surface area contributed by atoms with E-state index in [9.17, 15) is 22.4 Å². The van der Waals surface area contributed by atoms with E-state index in [4.69, 9.17) is 0 Å². The van der Waals surface area contributed by atoms with Crippen LogP contribution in [0.15, 0.2) is 54.6 Å². The van der Waals surface area contributed by atoms with Crippen molar-refractivity contribution < 1.29 is 22.4 Å². The molecule has 1 amide bonds. The van der Waals surface area contributed by atoms with Gasteiger partial charge in [0, 0.05) is 12.2 Å². The zero-order valence-electron chi connectivity index (χ0n) is 14.6. The predicted molar refractivity (Wildman–Crippen MR) is 95.7 cm³/mol. The van der Waals surface area contributed by atoms with E-state index in [1.54, 1.807) is 6.92 Å². The molecule has 0 saturated carbocycles. The van der Waals surface area contributed by atoms with Gasteiger partial charge < -0.3 is 10.6 Å². The standard InChI is InChI=1S/C19H19F4N3O/c1-12(13(2)18(27)25-15-8-6-14(20)7-9-15)10-11-24-17-5-3-4-16(26-17)19(21,22)23/h3-9,13H,1,10-11H2,2H3,(H,24,26)(H,25,27). The van der Waals surface area contributed by atoms with Gasteiger partial charge in [-0.3, -0.25) is 4.79 Å². The number of alkyl halides is 3. The smallest absolute Gasteiger partial charge is 0.370 e. The summed E-state index contributed by atoms with van der Waals surface area (Å²) in [5.74, 6) is -1.13. The van der Waals surface area contributed by atoms with Gasteiger partial charge in [0.2, 0.25) is 5.91 Å². The fraction of sp³-hybridized carbons (Fsp3) is 0.263. The van der Waals surface area contributed by atoms with E-state index in [-0.39, 0.29) is 18.3 Å². The Morgan fingerprint density at radius 3 is 2.48 bits per heavy atom. The van der Waals surface area contributed by atoms with Crippen molar-refractivity contribution in [2.24, 2.45) is 5.92 Å². The molecular weight excluding hydrogens is 362 g/mol. The maximum Gasteiger partial charge on any atom is 0.433 e. The van der Waals surface area contributed by atoms with Crippen LogP contribution in [0, 0.1) is 11.7 Å². The van der Waals surface area contributed by atoms with E-state index in [1.807, 2.05) is 0 Å². The molecule has 8 heteroatoms. The highest BCUT2D eigenvalue weighted by molar-refractivity contribution is 5.94. The number of carbonyl (C=O) groups is 1. The number of nitrogens with zero attached hydrogens (tertiary/aromatic N) is 1. The summed E-state index contributed by atoms with van der Waals surface area (Å²) in [5, 5.41) is 5.45. The number of halogens is 4. The summed E-state index contributed by atoms with van der Waals surface area (Å²) < 4.78 is 50.8. The second-order valence-electron chi connectivity index (χ2n) is 5.96. The molecule has 0 aliphatic heterocycles. The first kappa shape index (κ1) is 20.4. The van der Waals surface area contributed by atoms with Gasteiger partial charge in [0.15, 0.2) is 0 Å². The monoisotopic (exact) mass is 381 g/mol. The second kappa shape index (κ2) is 8.66. The van der Waals surface area contributed by atoms with Crippen LogP contribution in [0.5, 0.6) is 0 Å². The van der Waals surface area contributed by atoms with Crippen molar-refractivity contribution >= 4 is 17.4 Å². The normalized spacial score (nSPS) is 12.3. The Balaban J connectivity index is 1.84. The summed E-state index contributed by atoms with van der Waals surface area (Å²) in [6, 6.07) is 8.97. The molecule has 0 spiro atoms. The summed E-state index contributed by atoms with van der Waals surface area (Å²) in [4.78, 5) is 15.7.